The molecule has 0 aliphatic carbocycles. The number of piperazine rings is 1. The minimum absolute atomic E-state index is 0.867. The average molecular weight is 340 g/mol. The van der Waals surface area contributed by atoms with Crippen molar-refractivity contribution in [3.05, 3.63) is 17.5 Å². The molecule has 6 nitrogen and oxygen atoms in total. The maximum absolute atomic E-state index is 5.14. The number of nitrogens with zero attached hydrogens (tertiary/aromatic N) is 4. The summed E-state index contributed by atoms with van der Waals surface area (Å²) < 4.78 is 5.14. The lowest BCUT2D eigenvalue weighted by atomic mass is 10.3. The second-order valence-corrected chi connectivity index (χ2v) is 6.85. The lowest BCUT2D eigenvalue weighted by Gasteiger charge is -2.36. The van der Waals surface area contributed by atoms with Gasteiger partial charge in [0.1, 0.15) is 5.76 Å². The zero-order valence-corrected chi connectivity index (χ0v) is 15.4. The van der Waals surface area contributed by atoms with E-state index in [2.05, 4.69) is 31.5 Å². The summed E-state index contributed by atoms with van der Waals surface area (Å²) >= 11 is 1.91. The Labute approximate surface area is 143 Å². The van der Waals surface area contributed by atoms with Crippen LogP contribution in [0.5, 0.6) is 0 Å². The van der Waals surface area contributed by atoms with Crippen molar-refractivity contribution in [2.45, 2.75) is 26.3 Å². The number of rotatable bonds is 7. The van der Waals surface area contributed by atoms with E-state index < -0.39 is 0 Å². The number of aromatic nitrogens is 1. The lowest BCUT2D eigenvalue weighted by Crippen LogP contribution is -2.52. The second-order valence-electron chi connectivity index (χ2n) is 5.87. The van der Waals surface area contributed by atoms with Crippen LogP contribution in [0.25, 0.3) is 0 Å². The Kier molecular flexibility index (Phi) is 7.74. The fraction of sp³-hybridized carbons (Fsp3) is 0.750. The zero-order chi connectivity index (χ0) is 16.5. The molecule has 1 aliphatic heterocycles. The molecule has 0 saturated carbocycles. The van der Waals surface area contributed by atoms with E-state index in [4.69, 9.17) is 4.52 Å². The van der Waals surface area contributed by atoms with Crippen LogP contribution in [0.2, 0.25) is 0 Å². The Hall–Kier alpha value is -1.21. The largest absolute Gasteiger partial charge is 0.361 e. The van der Waals surface area contributed by atoms with Crippen LogP contribution in [-0.4, -0.2) is 72.7 Å². The molecule has 0 bridgehead atoms. The third kappa shape index (κ3) is 6.06. The number of nitrogens with one attached hydrogen (secondary N) is 1. The van der Waals surface area contributed by atoms with Gasteiger partial charge in [-0.2, -0.15) is 11.8 Å². The molecule has 1 saturated heterocycles. The molecule has 1 aromatic heterocycles. The molecule has 1 N–H and O–H groups in total. The minimum atomic E-state index is 0.867. The van der Waals surface area contributed by atoms with Crippen LogP contribution < -0.4 is 5.32 Å². The molecule has 0 radical (unpaired) electrons. The van der Waals surface area contributed by atoms with Crippen LogP contribution in [0, 0.1) is 6.92 Å². The second kappa shape index (κ2) is 9.82. The van der Waals surface area contributed by atoms with E-state index in [9.17, 15) is 0 Å². The predicted octanol–water partition coefficient (Wildman–Crippen LogP) is 1.82. The highest BCUT2D eigenvalue weighted by atomic mass is 32.2. The van der Waals surface area contributed by atoms with E-state index in [1.54, 1.807) is 0 Å². The van der Waals surface area contributed by atoms with Gasteiger partial charge in [-0.15, -0.1) is 0 Å². The molecular formula is C16H29N5OS. The van der Waals surface area contributed by atoms with Gasteiger partial charge in [-0.1, -0.05) is 5.16 Å². The first-order valence-electron chi connectivity index (χ1n) is 8.32. The summed E-state index contributed by atoms with van der Waals surface area (Å²) in [7, 11) is 1.87. The van der Waals surface area contributed by atoms with Gasteiger partial charge < -0.3 is 14.7 Å². The Morgan fingerprint density at radius 3 is 2.74 bits per heavy atom. The van der Waals surface area contributed by atoms with Gasteiger partial charge in [-0.25, -0.2) is 0 Å². The standard InChI is InChI=1S/C16H29N5OS/c1-14-12-15(19-22-14)13-20-7-9-21(10-8-20)16(17-2)18-6-4-5-11-23-3/h12H,4-11,13H2,1-3H3,(H,17,18). The third-order valence-electron chi connectivity index (χ3n) is 4.00. The predicted molar refractivity (Wildman–Crippen MR) is 97.1 cm³/mol. The van der Waals surface area contributed by atoms with Gasteiger partial charge in [-0.3, -0.25) is 9.89 Å². The fourth-order valence-electron chi connectivity index (χ4n) is 2.74. The number of aryl methyl sites for hydroxylation is 1. The monoisotopic (exact) mass is 339 g/mol. The van der Waals surface area contributed by atoms with E-state index in [1.165, 1.54) is 18.6 Å². The van der Waals surface area contributed by atoms with Gasteiger partial charge >= 0.3 is 0 Å². The van der Waals surface area contributed by atoms with Crippen LogP contribution in [0.1, 0.15) is 24.3 Å². The van der Waals surface area contributed by atoms with Crippen molar-refractivity contribution in [2.75, 3.05) is 51.8 Å². The summed E-state index contributed by atoms with van der Waals surface area (Å²) in [4.78, 5) is 9.18. The number of aliphatic imine (C=N–C) groups is 1. The van der Waals surface area contributed by atoms with Gasteiger partial charge in [0.25, 0.3) is 0 Å². The van der Waals surface area contributed by atoms with E-state index in [-0.39, 0.29) is 0 Å². The van der Waals surface area contributed by atoms with E-state index in [0.29, 0.717) is 0 Å². The first-order chi connectivity index (χ1) is 11.2. The van der Waals surface area contributed by atoms with Crippen LogP contribution >= 0.6 is 11.8 Å². The average Bonchev–Trinajstić information content (AvgIpc) is 2.97. The number of guanidine groups is 1. The van der Waals surface area contributed by atoms with Crippen LogP contribution in [0.15, 0.2) is 15.6 Å². The molecule has 0 spiro atoms. The van der Waals surface area contributed by atoms with Crippen molar-refractivity contribution in [2.24, 2.45) is 4.99 Å². The summed E-state index contributed by atoms with van der Waals surface area (Å²) in [5.74, 6) is 3.15. The molecule has 0 atom stereocenters. The van der Waals surface area contributed by atoms with Crippen molar-refractivity contribution >= 4 is 17.7 Å². The molecular weight excluding hydrogens is 310 g/mol. The van der Waals surface area contributed by atoms with Crippen LogP contribution in [0.4, 0.5) is 0 Å². The third-order valence-corrected chi connectivity index (χ3v) is 4.70. The summed E-state index contributed by atoms with van der Waals surface area (Å²) in [5, 5.41) is 7.56. The van der Waals surface area contributed by atoms with E-state index in [0.717, 1.165) is 56.7 Å². The first-order valence-corrected chi connectivity index (χ1v) is 9.71. The summed E-state index contributed by atoms with van der Waals surface area (Å²) in [6.07, 6.45) is 4.62. The van der Waals surface area contributed by atoms with Gasteiger partial charge in [0.2, 0.25) is 0 Å². The zero-order valence-electron chi connectivity index (χ0n) is 14.5. The Morgan fingerprint density at radius 1 is 1.35 bits per heavy atom. The van der Waals surface area contributed by atoms with Gasteiger partial charge in [0.15, 0.2) is 5.96 Å². The SMILES string of the molecule is CN=C(NCCCCSC)N1CCN(Cc2cc(C)on2)CC1. The van der Waals surface area contributed by atoms with Crippen molar-refractivity contribution in [3.63, 3.8) is 0 Å². The number of hydrogen-bond donors (Lipinski definition) is 1. The Bertz CT molecular complexity index is 483. The molecule has 7 heteroatoms. The first kappa shape index (κ1) is 18.1. The molecule has 130 valence electrons. The van der Waals surface area contributed by atoms with Crippen molar-refractivity contribution < 1.29 is 4.52 Å². The topological polar surface area (TPSA) is 56.9 Å². The summed E-state index contributed by atoms with van der Waals surface area (Å²) in [6.45, 7) is 7.86. The molecule has 0 unspecified atom stereocenters. The van der Waals surface area contributed by atoms with Crippen molar-refractivity contribution in [1.82, 2.24) is 20.3 Å². The number of thioether (sulfide) groups is 1. The maximum Gasteiger partial charge on any atom is 0.193 e. The quantitative estimate of drug-likeness (QED) is 0.465. The molecule has 1 fully saturated rings. The lowest BCUT2D eigenvalue weighted by molar-refractivity contribution is 0.169. The number of unbranched alkanes of at least 4 members (excludes halogenated alkanes) is 1. The number of hydrogen-bond acceptors (Lipinski definition) is 5. The molecule has 2 rings (SSSR count). The molecule has 23 heavy (non-hydrogen) atoms. The van der Waals surface area contributed by atoms with E-state index in [1.807, 2.05) is 31.8 Å². The normalized spacial score (nSPS) is 16.8. The van der Waals surface area contributed by atoms with Gasteiger partial charge in [0.05, 0.1) is 5.69 Å². The molecule has 0 aromatic carbocycles. The molecule has 0 amide bonds. The molecule has 2 heterocycles. The molecule has 1 aromatic rings. The van der Waals surface area contributed by atoms with Gasteiger partial charge in [-0.05, 0) is 31.8 Å². The van der Waals surface area contributed by atoms with Crippen molar-refractivity contribution in [1.29, 1.82) is 0 Å². The Morgan fingerprint density at radius 2 is 2.13 bits per heavy atom. The Balaban J connectivity index is 1.69. The summed E-state index contributed by atoms with van der Waals surface area (Å²) in [6, 6.07) is 2.02. The fourth-order valence-corrected chi connectivity index (χ4v) is 3.24. The minimum Gasteiger partial charge on any atom is -0.361 e. The van der Waals surface area contributed by atoms with Crippen LogP contribution in [-0.2, 0) is 6.54 Å². The highest BCUT2D eigenvalue weighted by molar-refractivity contribution is 7.98. The highest BCUT2D eigenvalue weighted by Crippen LogP contribution is 2.09. The summed E-state index contributed by atoms with van der Waals surface area (Å²) in [5.41, 5.74) is 1.02. The molecule has 1 aliphatic rings. The highest BCUT2D eigenvalue weighted by Gasteiger charge is 2.20. The van der Waals surface area contributed by atoms with E-state index >= 15 is 0 Å². The van der Waals surface area contributed by atoms with Crippen molar-refractivity contribution in [3.8, 4) is 0 Å². The van der Waals surface area contributed by atoms with Gasteiger partial charge in [0, 0.05) is 52.4 Å². The smallest absolute Gasteiger partial charge is 0.193 e. The van der Waals surface area contributed by atoms with Crippen LogP contribution in [0.3, 0.4) is 0 Å². The maximum atomic E-state index is 5.14.